The molecule has 0 aliphatic carbocycles. The summed E-state index contributed by atoms with van der Waals surface area (Å²) in [4.78, 5) is 24.0. The minimum absolute atomic E-state index is 0. The van der Waals surface area contributed by atoms with Gasteiger partial charge in [0.2, 0.25) is 11.4 Å². The van der Waals surface area contributed by atoms with Crippen molar-refractivity contribution in [2.75, 3.05) is 11.4 Å². The Morgan fingerprint density at radius 2 is 1.90 bits per heavy atom. The van der Waals surface area contributed by atoms with Crippen LogP contribution < -0.4 is 49.9 Å². The number of carboxylic acids is 1. The van der Waals surface area contributed by atoms with Crippen molar-refractivity contribution >= 4 is 62.9 Å². The van der Waals surface area contributed by atoms with Crippen molar-refractivity contribution < 1.29 is 48.8 Å². The van der Waals surface area contributed by atoms with Gasteiger partial charge in [0.15, 0.2) is 0 Å². The smallest absolute Gasteiger partial charge is 0.548 e. The van der Waals surface area contributed by atoms with Crippen LogP contribution in [0.3, 0.4) is 0 Å². The van der Waals surface area contributed by atoms with E-state index in [4.69, 9.17) is 17.3 Å². The summed E-state index contributed by atoms with van der Waals surface area (Å²) in [6.45, 7) is 4.17. The summed E-state index contributed by atoms with van der Waals surface area (Å²) in [5, 5.41) is 13.1. The summed E-state index contributed by atoms with van der Waals surface area (Å²) in [6, 6.07) is 12.2. The normalized spacial score (nSPS) is 12.0. The van der Waals surface area contributed by atoms with Gasteiger partial charge in [-0.05, 0) is 49.8 Å². The van der Waals surface area contributed by atoms with E-state index in [0.29, 0.717) is 10.7 Å². The van der Waals surface area contributed by atoms with Crippen LogP contribution in [0.5, 0.6) is 0 Å². The standard InChI is InChI=1S/C22H22ClN3O3S.Na/c1-3-25-18-12-16(23)7-10-19(18)30-21(25)11-6-15-4-8-17(9-5-15)26(13-20(24)27)14(2)22(28)29;/h4-12,14H,3,13H2,1-2H3,(H2-,24,27,28,29);/q;+1. The molecule has 0 bridgehead atoms. The number of primary amides is 1. The SMILES string of the molecule is CC[n+]1c(C=Cc2ccc(N(CC(N)=O)C(C)C(=O)[O-])cc2)sc2ccc(Cl)cc21.[Na+]. The molecule has 0 radical (unpaired) electrons. The molecule has 9 heteroatoms. The summed E-state index contributed by atoms with van der Waals surface area (Å²) in [7, 11) is 0. The first-order valence-corrected chi connectivity index (χ1v) is 10.7. The number of nitrogens with zero attached hydrogens (tertiary/aromatic N) is 2. The van der Waals surface area contributed by atoms with Gasteiger partial charge in [-0.3, -0.25) is 4.79 Å². The summed E-state index contributed by atoms with van der Waals surface area (Å²) >= 11 is 7.83. The van der Waals surface area contributed by atoms with E-state index in [1.807, 2.05) is 42.5 Å². The molecular weight excluding hydrogens is 445 g/mol. The Kier molecular flexibility index (Phi) is 9.09. The van der Waals surface area contributed by atoms with Crippen LogP contribution >= 0.6 is 22.9 Å². The first-order valence-electron chi connectivity index (χ1n) is 9.46. The number of fused-ring (bicyclic) bond motifs is 1. The van der Waals surface area contributed by atoms with E-state index in [1.54, 1.807) is 23.5 Å². The molecule has 2 N–H and O–H groups in total. The third kappa shape index (κ3) is 6.08. The van der Waals surface area contributed by atoms with Crippen LogP contribution in [0.15, 0.2) is 42.5 Å². The molecule has 1 heterocycles. The molecule has 0 saturated carbocycles. The maximum atomic E-state index is 11.3. The van der Waals surface area contributed by atoms with Crippen molar-refractivity contribution in [1.29, 1.82) is 0 Å². The number of halogens is 1. The van der Waals surface area contributed by atoms with E-state index in [2.05, 4.69) is 11.5 Å². The van der Waals surface area contributed by atoms with E-state index in [1.165, 1.54) is 11.8 Å². The summed E-state index contributed by atoms with van der Waals surface area (Å²) in [5.41, 5.74) is 7.89. The van der Waals surface area contributed by atoms with Crippen LogP contribution in [0.2, 0.25) is 5.02 Å². The number of hydrogen-bond acceptors (Lipinski definition) is 5. The van der Waals surface area contributed by atoms with Gasteiger partial charge in [0.1, 0.15) is 11.2 Å². The van der Waals surface area contributed by atoms with E-state index in [9.17, 15) is 14.7 Å². The first kappa shape index (κ1) is 25.4. The van der Waals surface area contributed by atoms with E-state index < -0.39 is 17.9 Å². The molecule has 0 fully saturated rings. The summed E-state index contributed by atoms with van der Waals surface area (Å²) < 4.78 is 3.36. The van der Waals surface area contributed by atoms with Gasteiger partial charge in [-0.25, -0.2) is 0 Å². The molecule has 1 amide bonds. The number of anilines is 1. The monoisotopic (exact) mass is 466 g/mol. The number of aliphatic carboxylic acids is 1. The van der Waals surface area contributed by atoms with Crippen LogP contribution in [0.4, 0.5) is 5.69 Å². The number of carbonyl (C=O) groups is 2. The largest absolute Gasteiger partial charge is 1.00 e. The summed E-state index contributed by atoms with van der Waals surface area (Å²) in [5.74, 6) is -1.88. The van der Waals surface area contributed by atoms with Gasteiger partial charge in [0.05, 0.1) is 18.6 Å². The number of rotatable bonds is 8. The topological polar surface area (TPSA) is 90.3 Å². The average molecular weight is 467 g/mol. The Balaban J connectivity index is 0.00000341. The predicted octanol–water partition coefficient (Wildman–Crippen LogP) is -0.533. The third-order valence-electron chi connectivity index (χ3n) is 4.79. The zero-order valence-corrected chi connectivity index (χ0v) is 21.2. The second kappa shape index (κ2) is 11.1. The van der Waals surface area contributed by atoms with Gasteiger partial charge in [-0.1, -0.05) is 35.1 Å². The Bertz CT molecular complexity index is 1120. The number of hydrogen-bond donors (Lipinski definition) is 1. The Morgan fingerprint density at radius 3 is 2.48 bits per heavy atom. The number of carbonyl (C=O) groups excluding carboxylic acids is 2. The Morgan fingerprint density at radius 1 is 1.23 bits per heavy atom. The molecule has 3 rings (SSSR count). The van der Waals surface area contributed by atoms with Gasteiger partial charge in [0.25, 0.3) is 5.01 Å². The van der Waals surface area contributed by atoms with E-state index >= 15 is 0 Å². The van der Waals surface area contributed by atoms with Crippen LogP contribution in [0.1, 0.15) is 24.4 Å². The van der Waals surface area contributed by atoms with E-state index in [0.717, 1.165) is 27.3 Å². The minimum Gasteiger partial charge on any atom is -0.548 e. The fraction of sp³-hybridized carbons (Fsp3) is 0.227. The van der Waals surface area contributed by atoms with Crippen LogP contribution in [-0.2, 0) is 16.1 Å². The average Bonchev–Trinajstić information content (AvgIpc) is 3.06. The second-order valence-corrected chi connectivity index (χ2v) is 8.31. The minimum atomic E-state index is -1.27. The number of carboxylic acid groups (broad SMARTS) is 1. The molecule has 1 atom stereocenters. The van der Waals surface area contributed by atoms with Crippen molar-refractivity contribution in [2.24, 2.45) is 5.73 Å². The molecule has 3 aromatic rings. The Hall–Kier alpha value is -1.90. The number of aromatic nitrogens is 1. The van der Waals surface area contributed by atoms with Crippen molar-refractivity contribution in [3.63, 3.8) is 0 Å². The van der Waals surface area contributed by atoms with Gasteiger partial charge in [-0.2, -0.15) is 4.57 Å². The Labute approximate surface area is 212 Å². The van der Waals surface area contributed by atoms with Crippen molar-refractivity contribution in [3.8, 4) is 0 Å². The van der Waals surface area contributed by atoms with Gasteiger partial charge in [0, 0.05) is 22.9 Å². The maximum absolute atomic E-state index is 11.3. The van der Waals surface area contributed by atoms with Gasteiger partial charge >= 0.3 is 29.6 Å². The quantitative estimate of drug-likeness (QED) is 0.357. The molecule has 1 aromatic heterocycles. The number of thiazole rings is 1. The maximum Gasteiger partial charge on any atom is 1.00 e. The van der Waals surface area contributed by atoms with Crippen LogP contribution in [0.25, 0.3) is 22.4 Å². The zero-order valence-electron chi connectivity index (χ0n) is 17.7. The number of nitrogens with two attached hydrogens (primary N) is 1. The van der Waals surface area contributed by atoms with E-state index in [-0.39, 0.29) is 36.1 Å². The molecule has 0 aliphatic rings. The van der Waals surface area contributed by atoms with Crippen molar-refractivity contribution in [3.05, 3.63) is 58.1 Å². The number of amides is 1. The van der Waals surface area contributed by atoms with Gasteiger partial charge in [-0.15, -0.1) is 0 Å². The zero-order chi connectivity index (χ0) is 21.8. The summed E-state index contributed by atoms with van der Waals surface area (Å²) in [6.07, 6.45) is 4.03. The van der Waals surface area contributed by atoms with Crippen LogP contribution in [0, 0.1) is 0 Å². The molecule has 0 saturated heterocycles. The predicted molar refractivity (Wildman–Crippen MR) is 119 cm³/mol. The molecule has 0 aliphatic heterocycles. The molecular formula is C22H22ClN3NaO3S+. The molecule has 2 aromatic carbocycles. The molecule has 1 unspecified atom stereocenters. The third-order valence-corrected chi connectivity index (χ3v) is 6.15. The number of benzene rings is 2. The first-order chi connectivity index (χ1) is 14.3. The molecule has 156 valence electrons. The fourth-order valence-corrected chi connectivity index (χ4v) is 4.49. The van der Waals surface area contributed by atoms with Crippen LogP contribution in [-0.4, -0.2) is 24.5 Å². The van der Waals surface area contributed by atoms with Crippen molar-refractivity contribution in [2.45, 2.75) is 26.4 Å². The van der Waals surface area contributed by atoms with Crippen molar-refractivity contribution in [1.82, 2.24) is 0 Å². The fourth-order valence-electron chi connectivity index (χ4n) is 3.22. The molecule has 6 nitrogen and oxygen atoms in total. The second-order valence-electron chi connectivity index (χ2n) is 6.81. The number of aryl methyl sites for hydroxylation is 1. The molecule has 0 spiro atoms. The molecule has 31 heavy (non-hydrogen) atoms. The van der Waals surface area contributed by atoms with Gasteiger partial charge < -0.3 is 20.5 Å².